The molecule has 6 heteroatoms. The molecule has 0 aliphatic rings. The van der Waals surface area contributed by atoms with Crippen LogP contribution in [-0.2, 0) is 22.3 Å². The van der Waals surface area contributed by atoms with E-state index in [2.05, 4.69) is 27.7 Å². The van der Waals surface area contributed by atoms with Crippen LogP contribution in [0.15, 0.2) is 36.4 Å². The Hall–Kier alpha value is -3.28. The molecule has 0 aliphatic carbocycles. The van der Waals surface area contributed by atoms with E-state index in [0.29, 0.717) is 46.3 Å². The first-order valence-electron chi connectivity index (χ1n) is 13.2. The van der Waals surface area contributed by atoms with E-state index >= 15 is 0 Å². The van der Waals surface area contributed by atoms with Crippen molar-refractivity contribution in [1.82, 2.24) is 0 Å². The molecule has 6 nitrogen and oxygen atoms in total. The number of rotatable bonds is 12. The smallest absolute Gasteiger partial charge is 0.434 e. The fourth-order valence-corrected chi connectivity index (χ4v) is 4.15. The van der Waals surface area contributed by atoms with Crippen LogP contribution in [0.3, 0.4) is 0 Å². The molecule has 36 heavy (non-hydrogen) atoms. The first-order valence-corrected chi connectivity index (χ1v) is 13.2. The van der Waals surface area contributed by atoms with E-state index in [1.165, 1.54) is 0 Å². The molecule has 3 aromatic carbocycles. The maximum absolute atomic E-state index is 12.6. The van der Waals surface area contributed by atoms with Gasteiger partial charge in [0.15, 0.2) is 0 Å². The lowest BCUT2D eigenvalue weighted by Gasteiger charge is -2.17. The number of fused-ring (bicyclic) bond motifs is 2. The highest BCUT2D eigenvalue weighted by Gasteiger charge is 2.22. The Morgan fingerprint density at radius 1 is 0.583 bits per heavy atom. The second-order valence-corrected chi connectivity index (χ2v) is 8.94. The summed E-state index contributed by atoms with van der Waals surface area (Å²) in [5, 5.41) is 2.72. The van der Waals surface area contributed by atoms with E-state index < -0.39 is 12.3 Å². The number of hydrogen-bond donors (Lipinski definition) is 0. The van der Waals surface area contributed by atoms with Crippen LogP contribution in [0.1, 0.15) is 77.3 Å². The average molecular weight is 495 g/mol. The van der Waals surface area contributed by atoms with E-state index in [0.717, 1.165) is 62.5 Å². The largest absolute Gasteiger partial charge is 0.513 e. The highest BCUT2D eigenvalue weighted by Crippen LogP contribution is 2.44. The predicted molar refractivity (Wildman–Crippen MR) is 143 cm³/mol. The summed E-state index contributed by atoms with van der Waals surface area (Å²) in [6, 6.07) is 11.7. The van der Waals surface area contributed by atoms with Crippen LogP contribution in [-0.4, -0.2) is 25.5 Å². The first kappa shape index (κ1) is 27.3. The molecule has 0 heterocycles. The Bertz CT molecular complexity index is 1090. The highest BCUT2D eigenvalue weighted by molar-refractivity contribution is 6.12. The Morgan fingerprint density at radius 2 is 1.00 bits per heavy atom. The van der Waals surface area contributed by atoms with Gasteiger partial charge in [-0.25, -0.2) is 9.59 Å². The molecular weight excluding hydrogens is 456 g/mol. The molecule has 0 bridgehead atoms. The minimum Gasteiger partial charge on any atom is -0.434 e. The van der Waals surface area contributed by atoms with E-state index in [-0.39, 0.29) is 0 Å². The maximum atomic E-state index is 12.6. The Labute approximate surface area is 213 Å². The molecule has 0 saturated carbocycles. The highest BCUT2D eigenvalue weighted by atomic mass is 16.7. The Balaban J connectivity index is 2.08. The number of unbranched alkanes of at least 4 members (excludes halogenated alkanes) is 4. The third-order valence-electron chi connectivity index (χ3n) is 6.27. The van der Waals surface area contributed by atoms with Crippen LogP contribution < -0.4 is 9.47 Å². The second-order valence-electron chi connectivity index (χ2n) is 8.94. The molecule has 3 aromatic rings. The van der Waals surface area contributed by atoms with Crippen molar-refractivity contribution < 1.29 is 28.5 Å². The van der Waals surface area contributed by atoms with Crippen molar-refractivity contribution in [3.05, 3.63) is 47.5 Å². The van der Waals surface area contributed by atoms with Crippen LogP contribution in [0.25, 0.3) is 21.5 Å². The van der Waals surface area contributed by atoms with Gasteiger partial charge in [0.1, 0.15) is 11.5 Å². The summed E-state index contributed by atoms with van der Waals surface area (Å²) in [6.45, 7) is 8.93. The zero-order valence-corrected chi connectivity index (χ0v) is 22.0. The predicted octanol–water partition coefficient (Wildman–Crippen LogP) is 8.53. The van der Waals surface area contributed by atoms with Gasteiger partial charge in [0.05, 0.1) is 13.2 Å². The van der Waals surface area contributed by atoms with Crippen LogP contribution in [0.2, 0.25) is 0 Å². The SMILES string of the molecule is CCCCCOC(=O)Oc1c2ccc(CC)cc2c(OC(=O)OCCCCC)c2ccc(CC)cc12. The van der Waals surface area contributed by atoms with Gasteiger partial charge in [0, 0.05) is 21.5 Å². The molecule has 3 rings (SSSR count). The lowest BCUT2D eigenvalue weighted by molar-refractivity contribution is 0.0966. The summed E-state index contributed by atoms with van der Waals surface area (Å²) in [7, 11) is 0. The van der Waals surface area contributed by atoms with Crippen molar-refractivity contribution in [3.63, 3.8) is 0 Å². The van der Waals surface area contributed by atoms with Gasteiger partial charge in [-0.15, -0.1) is 0 Å². The van der Waals surface area contributed by atoms with E-state index in [1.807, 2.05) is 36.4 Å². The van der Waals surface area contributed by atoms with Crippen LogP contribution in [0.5, 0.6) is 11.5 Å². The molecule has 0 aliphatic heterocycles. The monoisotopic (exact) mass is 494 g/mol. The molecule has 194 valence electrons. The van der Waals surface area contributed by atoms with Gasteiger partial charge in [-0.1, -0.05) is 77.6 Å². The lowest BCUT2D eigenvalue weighted by Crippen LogP contribution is -2.14. The van der Waals surface area contributed by atoms with Crippen LogP contribution in [0.4, 0.5) is 9.59 Å². The topological polar surface area (TPSA) is 71.1 Å². The van der Waals surface area contributed by atoms with Crippen LogP contribution >= 0.6 is 0 Å². The minimum absolute atomic E-state index is 0.313. The number of hydrogen-bond acceptors (Lipinski definition) is 6. The standard InChI is InChI=1S/C30H38O6/c1-5-9-11-17-33-29(31)35-27-23-15-13-22(8-4)20-26(23)28(36-30(32)34-18-12-10-6-2)24-16-14-21(7-3)19-25(24)27/h13-16,19-20H,5-12,17-18H2,1-4H3. The number of ether oxygens (including phenoxy) is 4. The van der Waals surface area contributed by atoms with E-state index in [9.17, 15) is 9.59 Å². The molecule has 0 amide bonds. The first-order chi connectivity index (χ1) is 17.5. The average Bonchev–Trinajstić information content (AvgIpc) is 2.90. The fraction of sp³-hybridized carbons (Fsp3) is 0.467. The number of carbonyl (C=O) groups excluding carboxylic acids is 2. The van der Waals surface area contributed by atoms with Gasteiger partial charge >= 0.3 is 12.3 Å². The van der Waals surface area contributed by atoms with Crippen molar-refractivity contribution in [2.75, 3.05) is 13.2 Å². The number of aryl methyl sites for hydroxylation is 2. The molecule has 0 saturated heterocycles. The number of benzene rings is 3. The van der Waals surface area contributed by atoms with Crippen molar-refractivity contribution >= 4 is 33.9 Å². The Morgan fingerprint density at radius 3 is 1.36 bits per heavy atom. The molecule has 0 atom stereocenters. The summed E-state index contributed by atoms with van der Waals surface area (Å²) in [4.78, 5) is 25.2. The normalized spacial score (nSPS) is 11.0. The summed E-state index contributed by atoms with van der Waals surface area (Å²) in [6.07, 6.45) is 5.77. The van der Waals surface area contributed by atoms with Crippen molar-refractivity contribution in [2.45, 2.75) is 79.1 Å². The maximum Gasteiger partial charge on any atom is 0.513 e. The minimum atomic E-state index is -0.737. The quantitative estimate of drug-likeness (QED) is 0.109. The van der Waals surface area contributed by atoms with Gasteiger partial charge in [-0.3, -0.25) is 0 Å². The summed E-state index contributed by atoms with van der Waals surface area (Å²) >= 11 is 0. The fourth-order valence-electron chi connectivity index (χ4n) is 4.15. The van der Waals surface area contributed by atoms with Gasteiger partial charge in [0.2, 0.25) is 0 Å². The zero-order valence-electron chi connectivity index (χ0n) is 22.0. The molecule has 0 fully saturated rings. The van der Waals surface area contributed by atoms with Gasteiger partial charge in [-0.2, -0.15) is 0 Å². The van der Waals surface area contributed by atoms with Gasteiger partial charge in [0.25, 0.3) is 0 Å². The third-order valence-corrected chi connectivity index (χ3v) is 6.27. The molecule has 0 N–H and O–H groups in total. The van der Waals surface area contributed by atoms with Crippen molar-refractivity contribution in [1.29, 1.82) is 0 Å². The van der Waals surface area contributed by atoms with E-state index in [4.69, 9.17) is 18.9 Å². The van der Waals surface area contributed by atoms with Crippen LogP contribution in [0, 0.1) is 0 Å². The third kappa shape index (κ3) is 6.90. The van der Waals surface area contributed by atoms with Crippen molar-refractivity contribution in [3.8, 4) is 11.5 Å². The van der Waals surface area contributed by atoms with Gasteiger partial charge < -0.3 is 18.9 Å². The Kier molecular flexibility index (Phi) is 10.4. The van der Waals surface area contributed by atoms with Crippen molar-refractivity contribution in [2.24, 2.45) is 0 Å². The van der Waals surface area contributed by atoms with E-state index in [1.54, 1.807) is 0 Å². The summed E-state index contributed by atoms with van der Waals surface area (Å²) < 4.78 is 22.3. The zero-order chi connectivity index (χ0) is 25.9. The van der Waals surface area contributed by atoms with Gasteiger partial charge in [-0.05, 0) is 48.9 Å². The lowest BCUT2D eigenvalue weighted by atomic mass is 9.96. The molecule has 0 unspecified atom stereocenters. The molecule has 0 spiro atoms. The second kappa shape index (κ2) is 13.7. The molecule has 0 radical (unpaired) electrons. The number of carbonyl (C=O) groups is 2. The summed E-state index contributed by atoms with van der Waals surface area (Å²) in [5.74, 6) is 0.809. The summed E-state index contributed by atoms with van der Waals surface area (Å²) in [5.41, 5.74) is 2.14. The molecular formula is C30H38O6. The molecule has 0 aromatic heterocycles.